The molecule has 0 saturated carbocycles. The Morgan fingerprint density at radius 2 is 2.04 bits per heavy atom. The molecule has 132 valence electrons. The fourth-order valence-corrected chi connectivity index (χ4v) is 2.98. The summed E-state index contributed by atoms with van der Waals surface area (Å²) in [6.07, 6.45) is 0.650. The Morgan fingerprint density at radius 3 is 2.76 bits per heavy atom. The molecule has 4 nitrogen and oxygen atoms in total. The molecule has 0 spiro atoms. The van der Waals surface area contributed by atoms with Crippen LogP contribution in [-0.2, 0) is 4.79 Å². The molecular formula is C19H20F2N2O2. The summed E-state index contributed by atoms with van der Waals surface area (Å²) >= 11 is 0. The first-order valence-corrected chi connectivity index (χ1v) is 8.25. The van der Waals surface area contributed by atoms with Gasteiger partial charge in [-0.2, -0.15) is 0 Å². The van der Waals surface area contributed by atoms with E-state index >= 15 is 0 Å². The first-order valence-electron chi connectivity index (χ1n) is 8.25. The Hall–Kier alpha value is -2.47. The number of carbonyl (C=O) groups excluding carboxylic acids is 1. The number of nitrogens with one attached hydrogen (secondary N) is 2. The first kappa shape index (κ1) is 17.4. The monoisotopic (exact) mass is 346 g/mol. The van der Waals surface area contributed by atoms with Crippen molar-refractivity contribution in [3.63, 3.8) is 0 Å². The van der Waals surface area contributed by atoms with Crippen molar-refractivity contribution in [1.82, 2.24) is 5.32 Å². The third-order valence-corrected chi connectivity index (χ3v) is 4.33. The Labute approximate surface area is 145 Å². The van der Waals surface area contributed by atoms with Crippen molar-refractivity contribution in [3.05, 3.63) is 59.2 Å². The molecule has 0 fully saturated rings. The van der Waals surface area contributed by atoms with Crippen LogP contribution in [0.2, 0.25) is 0 Å². The number of hydrogen-bond acceptors (Lipinski definition) is 3. The van der Waals surface area contributed by atoms with Gasteiger partial charge < -0.3 is 15.4 Å². The van der Waals surface area contributed by atoms with Crippen LogP contribution in [0.15, 0.2) is 36.4 Å². The third-order valence-electron chi connectivity index (χ3n) is 4.33. The minimum Gasteiger partial charge on any atom is -0.482 e. The SMILES string of the molecule is CCC(NC(C)c1ccc2c(c1)NC(=O)CO2)c1ccc(F)cc1F. The van der Waals surface area contributed by atoms with E-state index in [0.29, 0.717) is 23.4 Å². The number of halogens is 2. The van der Waals surface area contributed by atoms with Crippen molar-refractivity contribution in [3.8, 4) is 5.75 Å². The summed E-state index contributed by atoms with van der Waals surface area (Å²) in [6, 6.07) is 8.84. The highest BCUT2D eigenvalue weighted by Crippen LogP contribution is 2.32. The highest BCUT2D eigenvalue weighted by atomic mass is 19.1. The second-order valence-electron chi connectivity index (χ2n) is 6.11. The normalized spacial score (nSPS) is 15.8. The van der Waals surface area contributed by atoms with Crippen LogP contribution in [0.1, 0.15) is 43.5 Å². The summed E-state index contributed by atoms with van der Waals surface area (Å²) in [5.41, 5.74) is 2.00. The molecule has 1 amide bonds. The minimum absolute atomic E-state index is 0.0158. The zero-order chi connectivity index (χ0) is 18.0. The molecule has 2 atom stereocenters. The maximum Gasteiger partial charge on any atom is 0.262 e. The van der Waals surface area contributed by atoms with Gasteiger partial charge in [-0.3, -0.25) is 4.79 Å². The summed E-state index contributed by atoms with van der Waals surface area (Å²) in [7, 11) is 0. The van der Waals surface area contributed by atoms with E-state index in [0.717, 1.165) is 11.6 Å². The lowest BCUT2D eigenvalue weighted by molar-refractivity contribution is -0.118. The highest BCUT2D eigenvalue weighted by Gasteiger charge is 2.20. The van der Waals surface area contributed by atoms with Crippen molar-refractivity contribution in [1.29, 1.82) is 0 Å². The molecule has 0 saturated heterocycles. The van der Waals surface area contributed by atoms with Crippen molar-refractivity contribution < 1.29 is 18.3 Å². The van der Waals surface area contributed by atoms with E-state index in [9.17, 15) is 13.6 Å². The summed E-state index contributed by atoms with van der Waals surface area (Å²) in [6.45, 7) is 3.91. The second kappa shape index (κ2) is 7.19. The summed E-state index contributed by atoms with van der Waals surface area (Å²) in [5, 5.41) is 6.14. The molecule has 0 aliphatic carbocycles. The average Bonchev–Trinajstić information content (AvgIpc) is 2.59. The lowest BCUT2D eigenvalue weighted by Gasteiger charge is -2.25. The fraction of sp³-hybridized carbons (Fsp3) is 0.316. The van der Waals surface area contributed by atoms with Gasteiger partial charge in [0.25, 0.3) is 5.91 Å². The van der Waals surface area contributed by atoms with Gasteiger partial charge in [-0.25, -0.2) is 8.78 Å². The molecule has 6 heteroatoms. The smallest absolute Gasteiger partial charge is 0.262 e. The number of fused-ring (bicyclic) bond motifs is 1. The number of amides is 1. The molecule has 1 heterocycles. The lowest BCUT2D eigenvalue weighted by Crippen LogP contribution is -2.27. The maximum atomic E-state index is 14.1. The van der Waals surface area contributed by atoms with Crippen LogP contribution in [0.5, 0.6) is 5.75 Å². The lowest BCUT2D eigenvalue weighted by atomic mass is 10.00. The van der Waals surface area contributed by atoms with Crippen molar-refractivity contribution >= 4 is 11.6 Å². The summed E-state index contributed by atoms with van der Waals surface area (Å²) < 4.78 is 32.5. The quantitative estimate of drug-likeness (QED) is 0.857. The molecule has 1 aliphatic rings. The van der Waals surface area contributed by atoms with Crippen LogP contribution < -0.4 is 15.4 Å². The number of benzene rings is 2. The van der Waals surface area contributed by atoms with Gasteiger partial charge in [-0.1, -0.05) is 19.1 Å². The van der Waals surface area contributed by atoms with E-state index in [1.165, 1.54) is 12.1 Å². The fourth-order valence-electron chi connectivity index (χ4n) is 2.98. The summed E-state index contributed by atoms with van der Waals surface area (Å²) in [4.78, 5) is 11.5. The van der Waals surface area contributed by atoms with E-state index in [2.05, 4.69) is 10.6 Å². The van der Waals surface area contributed by atoms with Gasteiger partial charge in [0.15, 0.2) is 6.61 Å². The molecule has 3 rings (SSSR count). The van der Waals surface area contributed by atoms with Crippen LogP contribution in [0.25, 0.3) is 0 Å². The van der Waals surface area contributed by atoms with Gasteiger partial charge in [0.2, 0.25) is 0 Å². The topological polar surface area (TPSA) is 50.4 Å². The molecular weight excluding hydrogens is 326 g/mol. The van der Waals surface area contributed by atoms with E-state index in [1.807, 2.05) is 32.0 Å². The second-order valence-corrected chi connectivity index (χ2v) is 6.11. The zero-order valence-electron chi connectivity index (χ0n) is 14.1. The van der Waals surface area contributed by atoms with Gasteiger partial charge in [0.05, 0.1) is 5.69 Å². The van der Waals surface area contributed by atoms with Crippen LogP contribution in [-0.4, -0.2) is 12.5 Å². The van der Waals surface area contributed by atoms with Gasteiger partial charge in [0, 0.05) is 23.7 Å². The van der Waals surface area contributed by atoms with Crippen LogP contribution in [0.4, 0.5) is 14.5 Å². The maximum absolute atomic E-state index is 14.1. The standard InChI is InChI=1S/C19H20F2N2O2/c1-3-16(14-6-5-13(20)9-15(14)21)22-11(2)12-4-7-18-17(8-12)23-19(24)10-25-18/h4-9,11,16,22H,3,10H2,1-2H3,(H,23,24). The molecule has 0 radical (unpaired) electrons. The van der Waals surface area contributed by atoms with Gasteiger partial charge in [-0.05, 0) is 37.1 Å². The average molecular weight is 346 g/mol. The molecule has 0 bridgehead atoms. The summed E-state index contributed by atoms with van der Waals surface area (Å²) in [5.74, 6) is -0.704. The van der Waals surface area contributed by atoms with E-state index < -0.39 is 11.6 Å². The van der Waals surface area contributed by atoms with Crippen molar-refractivity contribution in [2.45, 2.75) is 32.4 Å². The number of ether oxygens (including phenoxy) is 1. The van der Waals surface area contributed by atoms with Crippen LogP contribution in [0.3, 0.4) is 0 Å². The molecule has 2 N–H and O–H groups in total. The van der Waals surface area contributed by atoms with E-state index in [-0.39, 0.29) is 24.6 Å². The van der Waals surface area contributed by atoms with Gasteiger partial charge >= 0.3 is 0 Å². The van der Waals surface area contributed by atoms with Crippen molar-refractivity contribution in [2.75, 3.05) is 11.9 Å². The van der Waals surface area contributed by atoms with Crippen LogP contribution in [0, 0.1) is 11.6 Å². The number of hydrogen-bond donors (Lipinski definition) is 2. The number of rotatable bonds is 5. The molecule has 0 aromatic heterocycles. The molecule has 2 aromatic rings. The Morgan fingerprint density at radius 1 is 1.24 bits per heavy atom. The van der Waals surface area contributed by atoms with Gasteiger partial charge in [0.1, 0.15) is 17.4 Å². The number of anilines is 1. The predicted molar refractivity (Wildman–Crippen MR) is 91.5 cm³/mol. The minimum atomic E-state index is -0.588. The molecule has 2 aromatic carbocycles. The third kappa shape index (κ3) is 3.79. The Balaban J connectivity index is 1.79. The highest BCUT2D eigenvalue weighted by molar-refractivity contribution is 5.95. The predicted octanol–water partition coefficient (Wildman–Crippen LogP) is 4.10. The number of carbonyl (C=O) groups is 1. The first-order chi connectivity index (χ1) is 12.0. The van der Waals surface area contributed by atoms with Crippen molar-refractivity contribution in [2.24, 2.45) is 0 Å². The van der Waals surface area contributed by atoms with Crippen LogP contribution >= 0.6 is 0 Å². The molecule has 2 unspecified atom stereocenters. The molecule has 1 aliphatic heterocycles. The van der Waals surface area contributed by atoms with E-state index in [4.69, 9.17) is 4.74 Å². The molecule has 25 heavy (non-hydrogen) atoms. The zero-order valence-corrected chi connectivity index (χ0v) is 14.1. The Kier molecular flexibility index (Phi) is 4.99. The Bertz CT molecular complexity index is 795. The van der Waals surface area contributed by atoms with E-state index in [1.54, 1.807) is 0 Å². The van der Waals surface area contributed by atoms with Gasteiger partial charge in [-0.15, -0.1) is 0 Å². The largest absolute Gasteiger partial charge is 0.482 e.